The first kappa shape index (κ1) is 16.1. The van der Waals surface area contributed by atoms with Crippen molar-refractivity contribution in [3.05, 3.63) is 12.3 Å². The van der Waals surface area contributed by atoms with Gasteiger partial charge in [-0.25, -0.2) is 0 Å². The number of rotatable bonds is 6. The second-order valence-corrected chi connectivity index (χ2v) is 11.2. The Balaban J connectivity index is 3.17. The first-order chi connectivity index (χ1) is 8.49. The van der Waals surface area contributed by atoms with Crippen LogP contribution in [0.2, 0.25) is 0 Å². The van der Waals surface area contributed by atoms with Crippen LogP contribution in [0.15, 0.2) is 12.3 Å². The molecular formula is C7H18O8Si3. The van der Waals surface area contributed by atoms with Crippen molar-refractivity contribution in [2.45, 2.75) is 0 Å². The van der Waals surface area contributed by atoms with Crippen LogP contribution < -0.4 is 0 Å². The lowest BCUT2D eigenvalue weighted by Gasteiger charge is -2.44. The molecule has 0 aliphatic carbocycles. The van der Waals surface area contributed by atoms with Gasteiger partial charge in [0.15, 0.2) is 0 Å². The summed E-state index contributed by atoms with van der Waals surface area (Å²) in [6.45, 7) is 3.65. The fourth-order valence-corrected chi connectivity index (χ4v) is 11.5. The summed E-state index contributed by atoms with van der Waals surface area (Å²) in [4.78, 5) is 0. The monoisotopic (exact) mass is 314 g/mol. The Hall–Kier alpha value is 0.0706. The molecule has 11 heteroatoms. The lowest BCUT2D eigenvalue weighted by molar-refractivity contribution is -0.0513. The van der Waals surface area contributed by atoms with Crippen LogP contribution in [0.1, 0.15) is 0 Å². The van der Waals surface area contributed by atoms with Gasteiger partial charge in [0.25, 0.3) is 0 Å². The fourth-order valence-electron chi connectivity index (χ4n) is 1.31. The van der Waals surface area contributed by atoms with Crippen LogP contribution in [-0.2, 0) is 34.5 Å². The maximum absolute atomic E-state index is 5.64. The second-order valence-electron chi connectivity index (χ2n) is 3.13. The molecule has 0 aromatic heterocycles. The van der Waals surface area contributed by atoms with Crippen molar-refractivity contribution < 1.29 is 34.5 Å². The van der Waals surface area contributed by atoms with Crippen molar-refractivity contribution in [1.82, 2.24) is 0 Å². The summed E-state index contributed by atoms with van der Waals surface area (Å²) in [6.07, 6.45) is 0. The van der Waals surface area contributed by atoms with Crippen molar-refractivity contribution in [3.8, 4) is 0 Å². The van der Waals surface area contributed by atoms with E-state index in [0.717, 1.165) is 0 Å². The minimum absolute atomic E-state index is 1.41. The molecule has 18 heavy (non-hydrogen) atoms. The third-order valence-electron chi connectivity index (χ3n) is 2.32. The average molecular weight is 314 g/mol. The van der Waals surface area contributed by atoms with E-state index >= 15 is 0 Å². The van der Waals surface area contributed by atoms with Gasteiger partial charge in [0.05, 0.1) is 0 Å². The zero-order chi connectivity index (χ0) is 13.9. The summed E-state index contributed by atoms with van der Waals surface area (Å²) in [5.74, 6) is 0. The molecule has 1 heterocycles. The Kier molecular flexibility index (Phi) is 5.39. The summed E-state index contributed by atoms with van der Waals surface area (Å²) in [7, 11) is -3.03. The number of hydrogen-bond donors (Lipinski definition) is 0. The molecular weight excluding hydrogens is 296 g/mol. The summed E-state index contributed by atoms with van der Waals surface area (Å²) in [5, 5.41) is 0. The van der Waals surface area contributed by atoms with Crippen molar-refractivity contribution in [3.63, 3.8) is 0 Å². The van der Waals surface area contributed by atoms with E-state index in [1.54, 1.807) is 0 Å². The van der Waals surface area contributed by atoms with Gasteiger partial charge in [0.2, 0.25) is 0 Å². The maximum Gasteiger partial charge on any atom is 0.666 e. The molecule has 1 rings (SSSR count). The molecule has 1 aliphatic rings. The van der Waals surface area contributed by atoms with Gasteiger partial charge < -0.3 is 34.5 Å². The average Bonchev–Trinajstić information content (AvgIpc) is 2.46. The zero-order valence-corrected chi connectivity index (χ0v) is 14.1. The summed E-state index contributed by atoms with van der Waals surface area (Å²) < 4.78 is 43.0. The molecule has 0 spiro atoms. The van der Waals surface area contributed by atoms with E-state index in [4.69, 9.17) is 34.5 Å². The second kappa shape index (κ2) is 6.02. The van der Waals surface area contributed by atoms with E-state index in [-0.39, 0.29) is 0 Å². The van der Waals surface area contributed by atoms with Gasteiger partial charge in [0.1, 0.15) is 0 Å². The largest absolute Gasteiger partial charge is 0.666 e. The highest BCUT2D eigenvalue weighted by molar-refractivity contribution is 6.87. The molecule has 0 aromatic carbocycles. The predicted molar refractivity (Wildman–Crippen MR) is 65.8 cm³/mol. The molecule has 0 amide bonds. The van der Waals surface area contributed by atoms with Gasteiger partial charge >= 0.3 is 26.9 Å². The highest BCUT2D eigenvalue weighted by atomic mass is 28.6. The molecule has 8 nitrogen and oxygen atoms in total. The lowest BCUT2D eigenvalue weighted by atomic mass is 11.3. The van der Waals surface area contributed by atoms with Crippen LogP contribution in [0.5, 0.6) is 0 Å². The SMILES string of the molecule is C=C[Si]1(OC)O[Si](OC)(OC)O[Si](OC)(OC)O1. The van der Waals surface area contributed by atoms with Gasteiger partial charge in [-0.3, -0.25) is 0 Å². The van der Waals surface area contributed by atoms with Crippen LogP contribution >= 0.6 is 0 Å². The first-order valence-corrected chi connectivity index (χ1v) is 10.1. The molecule has 106 valence electrons. The molecule has 0 radical (unpaired) electrons. The fraction of sp³-hybridized carbons (Fsp3) is 0.714. The quantitative estimate of drug-likeness (QED) is 0.625. The van der Waals surface area contributed by atoms with Crippen LogP contribution in [0.4, 0.5) is 0 Å². The first-order valence-electron chi connectivity index (χ1n) is 4.98. The zero-order valence-electron chi connectivity index (χ0n) is 11.1. The van der Waals surface area contributed by atoms with Crippen molar-refractivity contribution in [2.24, 2.45) is 0 Å². The Morgan fingerprint density at radius 1 is 0.722 bits per heavy atom. The van der Waals surface area contributed by atoms with Crippen LogP contribution in [0.3, 0.4) is 0 Å². The third-order valence-corrected chi connectivity index (χ3v) is 11.7. The molecule has 0 aromatic rings. The topological polar surface area (TPSA) is 73.8 Å². The molecule has 0 atom stereocenters. The van der Waals surface area contributed by atoms with Crippen molar-refractivity contribution >= 4 is 26.9 Å². The minimum atomic E-state index is -3.43. The van der Waals surface area contributed by atoms with E-state index < -0.39 is 26.9 Å². The lowest BCUT2D eigenvalue weighted by Crippen LogP contribution is -2.73. The normalized spacial score (nSPS) is 24.7. The third kappa shape index (κ3) is 2.81. The van der Waals surface area contributed by atoms with Gasteiger partial charge in [-0.1, -0.05) is 6.58 Å². The molecule has 1 aliphatic heterocycles. The summed E-state index contributed by atoms with van der Waals surface area (Å²) in [5.41, 5.74) is 1.44. The van der Waals surface area contributed by atoms with Gasteiger partial charge in [-0.05, 0) is 5.70 Å². The molecule has 0 unspecified atom stereocenters. The molecule has 0 bridgehead atoms. The van der Waals surface area contributed by atoms with Gasteiger partial charge in [0, 0.05) is 35.5 Å². The predicted octanol–water partition coefficient (Wildman–Crippen LogP) is -0.183. The highest BCUT2D eigenvalue weighted by Gasteiger charge is 2.70. The van der Waals surface area contributed by atoms with Gasteiger partial charge in [-0.15, -0.1) is 0 Å². The van der Waals surface area contributed by atoms with E-state index in [1.807, 2.05) is 0 Å². The van der Waals surface area contributed by atoms with Crippen LogP contribution in [0.25, 0.3) is 0 Å². The van der Waals surface area contributed by atoms with Crippen LogP contribution in [-0.4, -0.2) is 62.4 Å². The maximum atomic E-state index is 5.64. The molecule has 0 saturated carbocycles. The smallest absolute Gasteiger partial charge is 0.375 e. The Labute approximate surface area is 110 Å². The van der Waals surface area contributed by atoms with Gasteiger partial charge in [-0.2, -0.15) is 0 Å². The van der Waals surface area contributed by atoms with Crippen molar-refractivity contribution in [1.29, 1.82) is 0 Å². The van der Waals surface area contributed by atoms with Crippen LogP contribution in [0, 0.1) is 0 Å². The van der Waals surface area contributed by atoms with E-state index in [9.17, 15) is 0 Å². The number of hydrogen-bond acceptors (Lipinski definition) is 8. The molecule has 1 saturated heterocycles. The Morgan fingerprint density at radius 3 is 1.33 bits per heavy atom. The minimum Gasteiger partial charge on any atom is -0.375 e. The van der Waals surface area contributed by atoms with E-state index in [0.29, 0.717) is 0 Å². The summed E-state index contributed by atoms with van der Waals surface area (Å²) in [6, 6.07) is 0. The Morgan fingerprint density at radius 2 is 1.11 bits per heavy atom. The Bertz CT molecular complexity index is 272. The van der Waals surface area contributed by atoms with E-state index in [1.165, 1.54) is 41.2 Å². The highest BCUT2D eigenvalue weighted by Crippen LogP contribution is 2.32. The van der Waals surface area contributed by atoms with E-state index in [2.05, 4.69) is 6.58 Å². The summed E-state index contributed by atoms with van der Waals surface area (Å²) >= 11 is 0. The molecule has 1 fully saturated rings. The molecule has 0 N–H and O–H groups in total. The van der Waals surface area contributed by atoms with Crippen molar-refractivity contribution in [2.75, 3.05) is 35.5 Å². The standard InChI is InChI=1S/C7H18O8Si3/c1-7-16(8-2)13-17(9-3,10-4)15-18(11-5,12-6)14-16/h7H,1H2,2-6H3.